The van der Waals surface area contributed by atoms with Gasteiger partial charge in [0.2, 0.25) is 0 Å². The monoisotopic (exact) mass is 217 g/mol. The van der Waals surface area contributed by atoms with Gasteiger partial charge in [-0.2, -0.15) is 0 Å². The lowest BCUT2D eigenvalue weighted by Gasteiger charge is -2.03. The molecular weight excluding hydrogens is 205 g/mol. The molecule has 0 aromatic carbocycles. The zero-order valence-electron chi connectivity index (χ0n) is 8.73. The van der Waals surface area contributed by atoms with E-state index in [1.165, 1.54) is 12.3 Å². The Morgan fingerprint density at radius 1 is 1.19 bits per heavy atom. The van der Waals surface area contributed by atoms with Crippen LogP contribution >= 0.6 is 0 Å². The van der Waals surface area contributed by atoms with Crippen molar-refractivity contribution in [1.29, 1.82) is 0 Å². The van der Waals surface area contributed by atoms with E-state index in [2.05, 4.69) is 15.3 Å². The SMILES string of the molecule is Fc1cncc(CNCc2ccccn2)c1. The summed E-state index contributed by atoms with van der Waals surface area (Å²) >= 11 is 0. The first-order valence-corrected chi connectivity index (χ1v) is 5.04. The molecule has 0 spiro atoms. The molecule has 2 heterocycles. The van der Waals surface area contributed by atoms with Gasteiger partial charge in [0.1, 0.15) is 5.82 Å². The van der Waals surface area contributed by atoms with Crippen molar-refractivity contribution in [2.24, 2.45) is 0 Å². The van der Waals surface area contributed by atoms with Crippen molar-refractivity contribution in [3.05, 3.63) is 59.9 Å². The summed E-state index contributed by atoms with van der Waals surface area (Å²) in [6.07, 6.45) is 4.59. The average molecular weight is 217 g/mol. The average Bonchev–Trinajstić information content (AvgIpc) is 2.30. The third kappa shape index (κ3) is 3.10. The molecule has 0 bridgehead atoms. The number of aromatic nitrogens is 2. The molecule has 4 heteroatoms. The molecule has 2 aromatic rings. The summed E-state index contributed by atoms with van der Waals surface area (Å²) in [5, 5.41) is 3.18. The summed E-state index contributed by atoms with van der Waals surface area (Å²) < 4.78 is 12.8. The third-order valence-electron chi connectivity index (χ3n) is 2.12. The van der Waals surface area contributed by atoms with E-state index in [-0.39, 0.29) is 5.82 Å². The standard InChI is InChI=1S/C12H12FN3/c13-11-5-10(6-14-8-11)7-15-9-12-3-1-2-4-16-12/h1-6,8,15H,7,9H2. The van der Waals surface area contributed by atoms with Gasteiger partial charge in [-0.05, 0) is 23.8 Å². The summed E-state index contributed by atoms with van der Waals surface area (Å²) in [6, 6.07) is 7.23. The Hall–Kier alpha value is -1.81. The van der Waals surface area contributed by atoms with Gasteiger partial charge in [-0.3, -0.25) is 9.97 Å². The highest BCUT2D eigenvalue weighted by Crippen LogP contribution is 2.00. The second kappa shape index (κ2) is 5.32. The maximum atomic E-state index is 12.8. The summed E-state index contributed by atoms with van der Waals surface area (Å²) in [7, 11) is 0. The Morgan fingerprint density at radius 2 is 2.12 bits per heavy atom. The normalized spacial score (nSPS) is 10.3. The minimum Gasteiger partial charge on any atom is -0.307 e. The highest BCUT2D eigenvalue weighted by Gasteiger charge is 1.96. The molecule has 0 saturated carbocycles. The van der Waals surface area contributed by atoms with Crippen LogP contribution in [0.4, 0.5) is 4.39 Å². The molecule has 0 aliphatic rings. The van der Waals surface area contributed by atoms with Gasteiger partial charge in [-0.15, -0.1) is 0 Å². The van der Waals surface area contributed by atoms with Crippen LogP contribution < -0.4 is 5.32 Å². The molecular formula is C12H12FN3. The van der Waals surface area contributed by atoms with E-state index in [1.807, 2.05) is 18.2 Å². The van der Waals surface area contributed by atoms with Gasteiger partial charge in [0.05, 0.1) is 11.9 Å². The van der Waals surface area contributed by atoms with E-state index >= 15 is 0 Å². The molecule has 0 aliphatic heterocycles. The van der Waals surface area contributed by atoms with Crippen molar-refractivity contribution in [2.45, 2.75) is 13.1 Å². The number of pyridine rings is 2. The highest BCUT2D eigenvalue weighted by molar-refractivity contribution is 5.10. The third-order valence-corrected chi connectivity index (χ3v) is 2.12. The van der Waals surface area contributed by atoms with Gasteiger partial charge in [0.15, 0.2) is 0 Å². The maximum Gasteiger partial charge on any atom is 0.141 e. The van der Waals surface area contributed by atoms with Crippen LogP contribution in [0.1, 0.15) is 11.3 Å². The van der Waals surface area contributed by atoms with Gasteiger partial charge < -0.3 is 5.32 Å². The molecule has 2 rings (SSSR count). The Labute approximate surface area is 93.4 Å². The zero-order valence-corrected chi connectivity index (χ0v) is 8.73. The fourth-order valence-electron chi connectivity index (χ4n) is 1.39. The summed E-state index contributed by atoms with van der Waals surface area (Å²) in [5.74, 6) is -0.308. The van der Waals surface area contributed by atoms with Crippen LogP contribution in [0.25, 0.3) is 0 Å². The Morgan fingerprint density at radius 3 is 2.88 bits per heavy atom. The number of hydrogen-bond donors (Lipinski definition) is 1. The van der Waals surface area contributed by atoms with E-state index in [0.29, 0.717) is 13.1 Å². The number of hydrogen-bond acceptors (Lipinski definition) is 3. The van der Waals surface area contributed by atoms with E-state index in [9.17, 15) is 4.39 Å². The predicted octanol–water partition coefficient (Wildman–Crippen LogP) is 1.91. The largest absolute Gasteiger partial charge is 0.307 e. The maximum absolute atomic E-state index is 12.8. The fourth-order valence-corrected chi connectivity index (χ4v) is 1.39. The van der Waals surface area contributed by atoms with Crippen LogP contribution in [0, 0.1) is 5.82 Å². The van der Waals surface area contributed by atoms with Crippen LogP contribution in [0.15, 0.2) is 42.9 Å². The first kappa shape index (κ1) is 10.7. The minimum atomic E-state index is -0.308. The molecule has 0 amide bonds. The fraction of sp³-hybridized carbons (Fsp3) is 0.167. The molecule has 3 nitrogen and oxygen atoms in total. The van der Waals surface area contributed by atoms with Crippen LogP contribution in [0.2, 0.25) is 0 Å². The van der Waals surface area contributed by atoms with Crippen molar-refractivity contribution in [3.8, 4) is 0 Å². The smallest absolute Gasteiger partial charge is 0.141 e. The first-order chi connectivity index (χ1) is 7.84. The summed E-state index contributed by atoms with van der Waals surface area (Å²) in [5.41, 5.74) is 1.79. The lowest BCUT2D eigenvalue weighted by molar-refractivity contribution is 0.611. The molecule has 0 radical (unpaired) electrons. The second-order valence-corrected chi connectivity index (χ2v) is 3.44. The highest BCUT2D eigenvalue weighted by atomic mass is 19.1. The number of nitrogens with zero attached hydrogens (tertiary/aromatic N) is 2. The van der Waals surface area contributed by atoms with Crippen molar-refractivity contribution in [1.82, 2.24) is 15.3 Å². The molecule has 0 atom stereocenters. The van der Waals surface area contributed by atoms with Gasteiger partial charge in [-0.1, -0.05) is 6.07 Å². The molecule has 2 aromatic heterocycles. The lowest BCUT2D eigenvalue weighted by Crippen LogP contribution is -2.13. The molecule has 0 fully saturated rings. The van der Waals surface area contributed by atoms with Crippen LogP contribution in [0.5, 0.6) is 0 Å². The molecule has 0 saturated heterocycles. The predicted molar refractivity (Wildman–Crippen MR) is 59.0 cm³/mol. The van der Waals surface area contributed by atoms with Gasteiger partial charge >= 0.3 is 0 Å². The number of halogens is 1. The lowest BCUT2D eigenvalue weighted by atomic mass is 10.2. The quantitative estimate of drug-likeness (QED) is 0.850. The Kier molecular flexibility index (Phi) is 3.56. The molecule has 0 aliphatic carbocycles. The number of nitrogens with one attached hydrogen (secondary N) is 1. The summed E-state index contributed by atoms with van der Waals surface area (Å²) in [6.45, 7) is 1.25. The Bertz CT molecular complexity index is 445. The van der Waals surface area contributed by atoms with Crippen molar-refractivity contribution in [2.75, 3.05) is 0 Å². The first-order valence-electron chi connectivity index (χ1n) is 5.04. The molecule has 16 heavy (non-hydrogen) atoms. The molecule has 82 valence electrons. The van der Waals surface area contributed by atoms with Crippen LogP contribution in [-0.4, -0.2) is 9.97 Å². The van der Waals surface area contributed by atoms with Crippen molar-refractivity contribution in [3.63, 3.8) is 0 Å². The van der Waals surface area contributed by atoms with Gasteiger partial charge in [0.25, 0.3) is 0 Å². The molecule has 1 N–H and O–H groups in total. The van der Waals surface area contributed by atoms with Crippen molar-refractivity contribution < 1.29 is 4.39 Å². The van der Waals surface area contributed by atoms with E-state index in [4.69, 9.17) is 0 Å². The topological polar surface area (TPSA) is 37.8 Å². The van der Waals surface area contributed by atoms with Crippen molar-refractivity contribution >= 4 is 0 Å². The zero-order chi connectivity index (χ0) is 11.2. The van der Waals surface area contributed by atoms with Gasteiger partial charge in [0, 0.05) is 25.5 Å². The van der Waals surface area contributed by atoms with Crippen LogP contribution in [-0.2, 0) is 13.1 Å². The minimum absolute atomic E-state index is 0.308. The van der Waals surface area contributed by atoms with E-state index < -0.39 is 0 Å². The summed E-state index contributed by atoms with van der Waals surface area (Å²) in [4.78, 5) is 7.95. The molecule has 0 unspecified atom stereocenters. The second-order valence-electron chi connectivity index (χ2n) is 3.44. The van der Waals surface area contributed by atoms with Gasteiger partial charge in [-0.25, -0.2) is 4.39 Å². The van der Waals surface area contributed by atoms with E-state index in [1.54, 1.807) is 12.4 Å². The Balaban J connectivity index is 1.85. The van der Waals surface area contributed by atoms with Crippen LogP contribution in [0.3, 0.4) is 0 Å². The number of rotatable bonds is 4. The van der Waals surface area contributed by atoms with E-state index in [0.717, 1.165) is 11.3 Å².